The molecule has 8 aromatic carbocycles. The minimum Gasteiger partial charge on any atom is -0.309 e. The number of hydrogen-bond acceptors (Lipinski definition) is 2. The van der Waals surface area contributed by atoms with Gasteiger partial charge in [0.05, 0.1) is 33.4 Å². The van der Waals surface area contributed by atoms with Crippen LogP contribution in [0.5, 0.6) is 0 Å². The summed E-state index contributed by atoms with van der Waals surface area (Å²) >= 11 is 0. The van der Waals surface area contributed by atoms with Crippen molar-refractivity contribution in [2.24, 2.45) is 0 Å². The summed E-state index contributed by atoms with van der Waals surface area (Å²) in [6.45, 7) is 0. The maximum atomic E-state index is 5.22. The molecule has 3 heterocycles. The lowest BCUT2D eigenvalue weighted by molar-refractivity contribution is 1.05. The van der Waals surface area contributed by atoms with Crippen LogP contribution in [-0.4, -0.2) is 19.1 Å². The van der Waals surface area contributed by atoms with Crippen molar-refractivity contribution in [1.82, 2.24) is 19.1 Å². The Morgan fingerprint density at radius 3 is 1.69 bits per heavy atom. The summed E-state index contributed by atoms with van der Waals surface area (Å²) in [5.41, 5.74) is 11.0. The molecule has 54 heavy (non-hydrogen) atoms. The summed E-state index contributed by atoms with van der Waals surface area (Å²) in [6.07, 6.45) is 0. The lowest BCUT2D eigenvalue weighted by atomic mass is 10.0. The second-order valence-electron chi connectivity index (χ2n) is 13.8. The molecular weight excluding hydrogens is 657 g/mol. The molecule has 0 aliphatic carbocycles. The molecule has 0 unspecified atom stereocenters. The molecule has 0 aliphatic rings. The van der Waals surface area contributed by atoms with Crippen molar-refractivity contribution in [3.05, 3.63) is 194 Å². The SMILES string of the molecule is c1ccc(-c2cc(-n3c4ccccc4c4cc(-c5ccc6c7ccccc7n(-c7cccc8ccccc78)c6c5)ccc43)nc(-c3ccccc3)n2)cc1. The first-order valence-corrected chi connectivity index (χ1v) is 18.3. The zero-order chi connectivity index (χ0) is 35.6. The molecule has 4 heteroatoms. The molecule has 11 aromatic rings. The zero-order valence-corrected chi connectivity index (χ0v) is 29.3. The van der Waals surface area contributed by atoms with Crippen molar-refractivity contribution >= 4 is 54.4 Å². The van der Waals surface area contributed by atoms with Crippen molar-refractivity contribution in [3.63, 3.8) is 0 Å². The zero-order valence-electron chi connectivity index (χ0n) is 29.3. The van der Waals surface area contributed by atoms with Gasteiger partial charge in [-0.15, -0.1) is 0 Å². The lowest BCUT2D eigenvalue weighted by Gasteiger charge is -2.13. The van der Waals surface area contributed by atoms with Gasteiger partial charge >= 0.3 is 0 Å². The van der Waals surface area contributed by atoms with Crippen molar-refractivity contribution in [3.8, 4) is 45.3 Å². The number of nitrogens with zero attached hydrogens (tertiary/aromatic N) is 4. The van der Waals surface area contributed by atoms with Crippen LogP contribution >= 0.6 is 0 Å². The van der Waals surface area contributed by atoms with Gasteiger partial charge in [0, 0.05) is 44.1 Å². The van der Waals surface area contributed by atoms with E-state index in [0.29, 0.717) is 5.82 Å². The standard InChI is InChI=1S/C50H32N4/c1-3-15-34(16-4-1)43-32-49(52-50(51-43)35-17-5-2-6-18-35)54-46-24-12-10-22-40(46)42-30-36(27-29-47(42)54)37-26-28-41-39-21-9-11-23-45(39)53(48(41)31-37)44-25-13-19-33-14-7-8-20-38(33)44/h1-32H. The van der Waals surface area contributed by atoms with Crippen molar-refractivity contribution in [2.75, 3.05) is 0 Å². The van der Waals surface area contributed by atoms with Gasteiger partial charge in [-0.1, -0.05) is 152 Å². The second kappa shape index (κ2) is 12.1. The third-order valence-corrected chi connectivity index (χ3v) is 10.7. The first-order chi connectivity index (χ1) is 26.8. The van der Waals surface area contributed by atoms with E-state index < -0.39 is 0 Å². The summed E-state index contributed by atoms with van der Waals surface area (Å²) in [7, 11) is 0. The van der Waals surface area contributed by atoms with E-state index in [1.54, 1.807) is 0 Å². The molecule has 3 aromatic heterocycles. The molecule has 252 valence electrons. The summed E-state index contributed by atoms with van der Waals surface area (Å²) < 4.78 is 4.72. The monoisotopic (exact) mass is 688 g/mol. The fourth-order valence-corrected chi connectivity index (χ4v) is 8.23. The Balaban J connectivity index is 1.12. The molecule has 0 radical (unpaired) electrons. The smallest absolute Gasteiger partial charge is 0.162 e. The van der Waals surface area contributed by atoms with Gasteiger partial charge in [0.1, 0.15) is 5.82 Å². The Kier molecular flexibility index (Phi) is 6.82. The van der Waals surface area contributed by atoms with Gasteiger partial charge in [-0.3, -0.25) is 4.57 Å². The van der Waals surface area contributed by atoms with E-state index >= 15 is 0 Å². The van der Waals surface area contributed by atoms with Crippen molar-refractivity contribution in [1.29, 1.82) is 0 Å². The van der Waals surface area contributed by atoms with Gasteiger partial charge in [-0.2, -0.15) is 0 Å². The highest BCUT2D eigenvalue weighted by molar-refractivity contribution is 6.13. The molecular formula is C50H32N4. The summed E-state index contributed by atoms with van der Waals surface area (Å²) in [4.78, 5) is 10.3. The van der Waals surface area contributed by atoms with Crippen LogP contribution in [0.15, 0.2) is 194 Å². The lowest BCUT2D eigenvalue weighted by Crippen LogP contribution is -2.02. The van der Waals surface area contributed by atoms with E-state index in [1.807, 2.05) is 24.3 Å². The summed E-state index contributed by atoms with van der Waals surface area (Å²) in [5.74, 6) is 1.53. The van der Waals surface area contributed by atoms with E-state index in [2.05, 4.69) is 179 Å². The Labute approximate surface area is 311 Å². The molecule has 11 rings (SSSR count). The number of benzene rings is 8. The Hall–Kier alpha value is -7.30. The molecule has 0 amide bonds. The number of aromatic nitrogens is 4. The fourth-order valence-electron chi connectivity index (χ4n) is 8.23. The van der Waals surface area contributed by atoms with E-state index in [9.17, 15) is 0 Å². The van der Waals surface area contributed by atoms with Gasteiger partial charge in [-0.05, 0) is 52.9 Å². The van der Waals surface area contributed by atoms with Crippen LogP contribution < -0.4 is 0 Å². The fraction of sp³-hybridized carbons (Fsp3) is 0. The van der Waals surface area contributed by atoms with Crippen molar-refractivity contribution in [2.45, 2.75) is 0 Å². The third-order valence-electron chi connectivity index (χ3n) is 10.7. The first kappa shape index (κ1) is 30.3. The quantitative estimate of drug-likeness (QED) is 0.180. The summed E-state index contributed by atoms with van der Waals surface area (Å²) in [6, 6.07) is 69.1. The van der Waals surface area contributed by atoms with Gasteiger partial charge in [0.15, 0.2) is 5.82 Å². The van der Waals surface area contributed by atoms with Crippen LogP contribution in [0.3, 0.4) is 0 Å². The Bertz CT molecular complexity index is 3150. The largest absolute Gasteiger partial charge is 0.309 e. The number of para-hydroxylation sites is 2. The maximum Gasteiger partial charge on any atom is 0.162 e. The summed E-state index contributed by atoms with van der Waals surface area (Å²) in [5, 5.41) is 7.32. The highest BCUT2D eigenvalue weighted by Crippen LogP contribution is 2.39. The molecule has 0 aliphatic heterocycles. The van der Waals surface area contributed by atoms with Crippen LogP contribution in [0.25, 0.3) is 99.7 Å². The molecule has 0 bridgehead atoms. The molecule has 0 atom stereocenters. The highest BCUT2D eigenvalue weighted by Gasteiger charge is 2.19. The number of hydrogen-bond donors (Lipinski definition) is 0. The highest BCUT2D eigenvalue weighted by atomic mass is 15.1. The average Bonchev–Trinajstić information content (AvgIpc) is 3.76. The molecule has 4 nitrogen and oxygen atoms in total. The number of rotatable bonds is 5. The minimum atomic E-state index is 0.699. The predicted octanol–water partition coefficient (Wildman–Crippen LogP) is 12.8. The van der Waals surface area contributed by atoms with Gasteiger partial charge in [0.25, 0.3) is 0 Å². The van der Waals surface area contributed by atoms with Gasteiger partial charge < -0.3 is 4.57 Å². The topological polar surface area (TPSA) is 35.6 Å². The van der Waals surface area contributed by atoms with E-state index in [1.165, 1.54) is 60.2 Å². The van der Waals surface area contributed by atoms with E-state index in [-0.39, 0.29) is 0 Å². The van der Waals surface area contributed by atoms with E-state index in [4.69, 9.17) is 9.97 Å². The van der Waals surface area contributed by atoms with Crippen molar-refractivity contribution < 1.29 is 0 Å². The van der Waals surface area contributed by atoms with Crippen LogP contribution in [0.2, 0.25) is 0 Å². The van der Waals surface area contributed by atoms with Crippen LogP contribution in [-0.2, 0) is 0 Å². The first-order valence-electron chi connectivity index (χ1n) is 18.3. The Morgan fingerprint density at radius 2 is 0.889 bits per heavy atom. The maximum absolute atomic E-state index is 5.22. The van der Waals surface area contributed by atoms with E-state index in [0.717, 1.165) is 33.7 Å². The minimum absolute atomic E-state index is 0.699. The molecule has 0 saturated carbocycles. The van der Waals surface area contributed by atoms with Gasteiger partial charge in [0.2, 0.25) is 0 Å². The number of fused-ring (bicyclic) bond motifs is 7. The third kappa shape index (κ3) is 4.78. The molecule has 0 spiro atoms. The normalized spacial score (nSPS) is 11.7. The predicted molar refractivity (Wildman–Crippen MR) is 225 cm³/mol. The Morgan fingerprint density at radius 1 is 0.315 bits per heavy atom. The molecule has 0 fully saturated rings. The van der Waals surface area contributed by atoms with Crippen LogP contribution in [0, 0.1) is 0 Å². The molecule has 0 N–H and O–H groups in total. The van der Waals surface area contributed by atoms with Crippen LogP contribution in [0.1, 0.15) is 0 Å². The molecule has 0 saturated heterocycles. The van der Waals surface area contributed by atoms with Crippen LogP contribution in [0.4, 0.5) is 0 Å². The second-order valence-corrected chi connectivity index (χ2v) is 13.8. The van der Waals surface area contributed by atoms with Gasteiger partial charge in [-0.25, -0.2) is 9.97 Å². The average molecular weight is 689 g/mol.